The van der Waals surface area contributed by atoms with Crippen molar-refractivity contribution in [2.75, 3.05) is 5.32 Å². The van der Waals surface area contributed by atoms with Gasteiger partial charge in [-0.15, -0.1) is 0 Å². The van der Waals surface area contributed by atoms with Gasteiger partial charge in [-0.2, -0.15) is 20.5 Å². The molecule has 4 aromatic rings. The zero-order valence-electron chi connectivity index (χ0n) is 13.3. The molecule has 0 fully saturated rings. The number of benzene rings is 1. The number of halogens is 1. The Morgan fingerprint density at radius 2 is 1.92 bits per heavy atom. The highest BCUT2D eigenvalue weighted by molar-refractivity contribution is 6.06. The van der Waals surface area contributed by atoms with Gasteiger partial charge in [-0.05, 0) is 32.0 Å². The molecule has 3 N–H and O–H groups in total. The summed E-state index contributed by atoms with van der Waals surface area (Å²) in [5.74, 6) is 0.359. The number of furan rings is 1. The van der Waals surface area contributed by atoms with E-state index >= 15 is 0 Å². The fourth-order valence-electron chi connectivity index (χ4n) is 2.54. The van der Waals surface area contributed by atoms with Gasteiger partial charge in [0.1, 0.15) is 28.3 Å². The molecule has 0 saturated heterocycles. The summed E-state index contributed by atoms with van der Waals surface area (Å²) in [6, 6.07) is 6.13. The van der Waals surface area contributed by atoms with Crippen molar-refractivity contribution in [1.29, 1.82) is 0 Å². The topological polar surface area (TPSA) is 112 Å². The van der Waals surface area contributed by atoms with Crippen LogP contribution in [0.3, 0.4) is 0 Å². The second kappa shape index (κ2) is 5.55. The Bertz CT molecular complexity index is 1090. The number of aryl methyl sites for hydroxylation is 1. The number of anilines is 1. The molecule has 0 aliphatic heterocycles. The van der Waals surface area contributed by atoms with Crippen LogP contribution in [0.2, 0.25) is 0 Å². The molecule has 126 valence electrons. The molecule has 0 aliphatic carbocycles. The first-order valence-electron chi connectivity index (χ1n) is 7.46. The first-order chi connectivity index (χ1) is 12.0. The number of nitrogens with one attached hydrogen (secondary N) is 3. The first-order valence-corrected chi connectivity index (χ1v) is 7.46. The number of amides is 1. The van der Waals surface area contributed by atoms with Crippen LogP contribution < -0.4 is 5.32 Å². The lowest BCUT2D eigenvalue weighted by atomic mass is 10.1. The molecule has 9 heteroatoms. The summed E-state index contributed by atoms with van der Waals surface area (Å²) < 4.78 is 19.7. The average Bonchev–Trinajstić information content (AvgIpc) is 3.28. The minimum Gasteiger partial charge on any atom is -0.460 e. The number of aromatic nitrogens is 5. The smallest absolute Gasteiger partial charge is 0.259 e. The molecule has 1 amide bonds. The van der Waals surface area contributed by atoms with Crippen molar-refractivity contribution in [2.45, 2.75) is 13.8 Å². The quantitative estimate of drug-likeness (QED) is 0.531. The maximum Gasteiger partial charge on any atom is 0.259 e. The third-order valence-corrected chi connectivity index (χ3v) is 3.88. The molecule has 0 saturated carbocycles. The summed E-state index contributed by atoms with van der Waals surface area (Å²) in [6.07, 6.45) is 0. The summed E-state index contributed by atoms with van der Waals surface area (Å²) in [5, 5.41) is 19.5. The van der Waals surface area contributed by atoms with Crippen molar-refractivity contribution in [3.05, 3.63) is 47.0 Å². The van der Waals surface area contributed by atoms with Gasteiger partial charge in [0, 0.05) is 11.6 Å². The predicted molar refractivity (Wildman–Crippen MR) is 87.6 cm³/mol. The highest BCUT2D eigenvalue weighted by atomic mass is 19.1. The monoisotopic (exact) mass is 340 g/mol. The fraction of sp³-hybridized carbons (Fsp3) is 0.125. The molecule has 0 spiro atoms. The van der Waals surface area contributed by atoms with E-state index in [4.69, 9.17) is 4.42 Å². The fourth-order valence-corrected chi connectivity index (χ4v) is 2.54. The number of hydrogen-bond donors (Lipinski definition) is 3. The van der Waals surface area contributed by atoms with Gasteiger partial charge in [-0.1, -0.05) is 0 Å². The maximum absolute atomic E-state index is 14.1. The van der Waals surface area contributed by atoms with Gasteiger partial charge < -0.3 is 9.73 Å². The molecular weight excluding hydrogens is 327 g/mol. The van der Waals surface area contributed by atoms with Gasteiger partial charge in [0.2, 0.25) is 0 Å². The lowest BCUT2D eigenvalue weighted by Gasteiger charge is -2.04. The highest BCUT2D eigenvalue weighted by Gasteiger charge is 2.19. The van der Waals surface area contributed by atoms with Crippen molar-refractivity contribution < 1.29 is 13.6 Å². The van der Waals surface area contributed by atoms with Crippen molar-refractivity contribution in [3.63, 3.8) is 0 Å². The van der Waals surface area contributed by atoms with E-state index in [0.29, 0.717) is 33.9 Å². The first kappa shape index (κ1) is 15.1. The van der Waals surface area contributed by atoms with Crippen molar-refractivity contribution in [1.82, 2.24) is 25.6 Å². The lowest BCUT2D eigenvalue weighted by Crippen LogP contribution is -2.14. The van der Waals surface area contributed by atoms with Crippen LogP contribution in [0.15, 0.2) is 28.7 Å². The van der Waals surface area contributed by atoms with Crippen LogP contribution >= 0.6 is 0 Å². The van der Waals surface area contributed by atoms with E-state index in [2.05, 4.69) is 30.9 Å². The van der Waals surface area contributed by atoms with Gasteiger partial charge in [-0.25, -0.2) is 4.39 Å². The third-order valence-electron chi connectivity index (χ3n) is 3.88. The van der Waals surface area contributed by atoms with Crippen LogP contribution in [-0.2, 0) is 0 Å². The Morgan fingerprint density at radius 3 is 2.64 bits per heavy atom. The van der Waals surface area contributed by atoms with Crippen LogP contribution in [0.25, 0.3) is 22.5 Å². The summed E-state index contributed by atoms with van der Waals surface area (Å²) in [6.45, 7) is 3.62. The van der Waals surface area contributed by atoms with Crippen LogP contribution in [-0.4, -0.2) is 31.5 Å². The third kappa shape index (κ3) is 2.55. The number of hydrogen-bond acceptors (Lipinski definition) is 5. The predicted octanol–water partition coefficient (Wildman–Crippen LogP) is 2.95. The molecule has 4 rings (SSSR count). The molecule has 8 nitrogen and oxygen atoms in total. The van der Waals surface area contributed by atoms with Gasteiger partial charge in [-0.3, -0.25) is 9.89 Å². The molecule has 0 aliphatic rings. The normalized spacial score (nSPS) is 11.2. The van der Waals surface area contributed by atoms with Crippen LogP contribution in [0, 0.1) is 19.7 Å². The maximum atomic E-state index is 14.1. The molecule has 0 atom stereocenters. The minimum absolute atomic E-state index is 0.140. The van der Waals surface area contributed by atoms with E-state index in [1.165, 1.54) is 6.07 Å². The van der Waals surface area contributed by atoms with E-state index in [1.54, 1.807) is 13.0 Å². The standard InChI is InChI=1S/C16H13FN6O2/c1-7-3-4-13(25-7)14-8(2)15(22-21-14)18-16(24)9-5-11-12(6-10(9)17)20-23-19-11/h3-6H,1-2H3,(H,19,20,23)(H2,18,21,22,24). The number of carbonyl (C=O) groups is 1. The number of rotatable bonds is 3. The largest absolute Gasteiger partial charge is 0.460 e. The highest BCUT2D eigenvalue weighted by Crippen LogP contribution is 2.28. The van der Waals surface area contributed by atoms with Gasteiger partial charge in [0.25, 0.3) is 5.91 Å². The Kier molecular flexibility index (Phi) is 3.34. The molecule has 0 radical (unpaired) electrons. The number of nitrogens with zero attached hydrogens (tertiary/aromatic N) is 3. The van der Waals surface area contributed by atoms with Crippen LogP contribution in [0.1, 0.15) is 21.7 Å². The molecule has 1 aromatic carbocycles. The molecular formula is C16H13FN6O2. The van der Waals surface area contributed by atoms with Gasteiger partial charge >= 0.3 is 0 Å². The van der Waals surface area contributed by atoms with E-state index < -0.39 is 11.7 Å². The van der Waals surface area contributed by atoms with Crippen molar-refractivity contribution >= 4 is 22.8 Å². The Hall–Kier alpha value is -3.49. The average molecular weight is 340 g/mol. The molecule has 3 aromatic heterocycles. The lowest BCUT2D eigenvalue weighted by molar-refractivity contribution is 0.102. The molecule has 0 unspecified atom stereocenters. The Balaban J connectivity index is 1.64. The van der Waals surface area contributed by atoms with Crippen molar-refractivity contribution in [3.8, 4) is 11.5 Å². The Morgan fingerprint density at radius 1 is 1.16 bits per heavy atom. The number of aromatic amines is 2. The second-order valence-electron chi connectivity index (χ2n) is 5.58. The molecule has 3 heterocycles. The summed E-state index contributed by atoms with van der Waals surface area (Å²) in [4.78, 5) is 12.4. The SMILES string of the molecule is Cc1ccc(-c2[nH]nc(NC(=O)c3cc4n[nH]nc4cc3F)c2C)o1. The summed E-state index contributed by atoms with van der Waals surface area (Å²) in [7, 11) is 0. The van der Waals surface area contributed by atoms with E-state index in [1.807, 2.05) is 13.0 Å². The number of H-pyrrole nitrogens is 2. The van der Waals surface area contributed by atoms with Gasteiger partial charge in [0.05, 0.1) is 5.56 Å². The molecule has 25 heavy (non-hydrogen) atoms. The zero-order chi connectivity index (χ0) is 17.6. The van der Waals surface area contributed by atoms with E-state index in [9.17, 15) is 9.18 Å². The summed E-state index contributed by atoms with van der Waals surface area (Å²) >= 11 is 0. The minimum atomic E-state index is -0.686. The number of fused-ring (bicyclic) bond motifs is 1. The van der Waals surface area contributed by atoms with E-state index in [-0.39, 0.29) is 5.56 Å². The zero-order valence-corrected chi connectivity index (χ0v) is 13.3. The van der Waals surface area contributed by atoms with Crippen molar-refractivity contribution in [2.24, 2.45) is 0 Å². The molecule has 0 bridgehead atoms. The van der Waals surface area contributed by atoms with Crippen LogP contribution in [0.5, 0.6) is 0 Å². The number of carbonyl (C=O) groups excluding carboxylic acids is 1. The second-order valence-corrected chi connectivity index (χ2v) is 5.58. The summed E-state index contributed by atoms with van der Waals surface area (Å²) in [5.41, 5.74) is 1.94. The van der Waals surface area contributed by atoms with Gasteiger partial charge in [0.15, 0.2) is 11.6 Å². The van der Waals surface area contributed by atoms with E-state index in [0.717, 1.165) is 11.8 Å². The van der Waals surface area contributed by atoms with Crippen LogP contribution in [0.4, 0.5) is 10.2 Å². The Labute approximate surface area is 140 Å².